The van der Waals surface area contributed by atoms with Crippen molar-refractivity contribution < 1.29 is 9.18 Å². The van der Waals surface area contributed by atoms with Crippen LogP contribution in [0.5, 0.6) is 0 Å². The van der Waals surface area contributed by atoms with Crippen LogP contribution < -0.4 is 10.2 Å². The molecule has 0 bridgehead atoms. The van der Waals surface area contributed by atoms with Crippen molar-refractivity contribution in [3.05, 3.63) is 54.3 Å². The summed E-state index contributed by atoms with van der Waals surface area (Å²) < 4.78 is 14.5. The first-order valence-electron chi connectivity index (χ1n) is 5.86. The highest BCUT2D eigenvalue weighted by atomic mass is 35.5. The van der Waals surface area contributed by atoms with Crippen LogP contribution in [0.4, 0.5) is 10.1 Å². The minimum absolute atomic E-state index is 0.251. The summed E-state index contributed by atoms with van der Waals surface area (Å²) in [6.07, 6.45) is 4.97. The molecule has 20 heavy (non-hydrogen) atoms. The second kappa shape index (κ2) is 5.07. The molecule has 0 aromatic heterocycles. The zero-order chi connectivity index (χ0) is 14.1. The molecule has 0 saturated carbocycles. The second-order valence-corrected chi connectivity index (χ2v) is 4.71. The van der Waals surface area contributed by atoms with Crippen LogP contribution in [-0.2, 0) is 4.79 Å². The Balaban J connectivity index is 1.75. The normalized spacial score (nSPS) is 17.6. The molecule has 1 aromatic carbocycles. The Kier molecular flexibility index (Phi) is 3.25. The van der Waals surface area contributed by atoms with Gasteiger partial charge in [0.1, 0.15) is 5.82 Å². The summed E-state index contributed by atoms with van der Waals surface area (Å²) in [5.74, 6) is -0.161. The van der Waals surface area contributed by atoms with E-state index in [1.807, 2.05) is 0 Å². The minimum Gasteiger partial charge on any atom is -0.320 e. The topological polar surface area (TPSA) is 50.6 Å². The van der Waals surface area contributed by atoms with Crippen molar-refractivity contribution in [3.8, 4) is 0 Å². The van der Waals surface area contributed by atoms with Gasteiger partial charge in [0, 0.05) is 29.7 Å². The van der Waals surface area contributed by atoms with E-state index in [1.54, 1.807) is 29.4 Å². The summed E-state index contributed by atoms with van der Waals surface area (Å²) in [5.41, 5.74) is 0.636. The molecule has 1 aromatic rings. The van der Waals surface area contributed by atoms with E-state index >= 15 is 0 Å². The average molecular weight is 293 g/mol. The van der Waals surface area contributed by atoms with E-state index < -0.39 is 11.7 Å². The van der Waals surface area contributed by atoms with Gasteiger partial charge in [0.25, 0.3) is 11.7 Å². The van der Waals surface area contributed by atoms with Gasteiger partial charge in [-0.05, 0) is 18.2 Å². The SMILES string of the molecule is O=C(Nc1cccc(F)c1)C1=C[N+]2CN(Cl)C=CC2=N1. The largest absolute Gasteiger partial charge is 0.320 e. The van der Waals surface area contributed by atoms with Crippen LogP contribution in [0, 0.1) is 5.82 Å². The van der Waals surface area contributed by atoms with Gasteiger partial charge in [-0.25, -0.2) is 8.81 Å². The first-order valence-corrected chi connectivity index (χ1v) is 6.20. The third kappa shape index (κ3) is 2.56. The van der Waals surface area contributed by atoms with Gasteiger partial charge >= 0.3 is 0 Å². The summed E-state index contributed by atoms with van der Waals surface area (Å²) in [5, 5.41) is 2.59. The maximum absolute atomic E-state index is 13.0. The van der Waals surface area contributed by atoms with Crippen molar-refractivity contribution in [2.45, 2.75) is 0 Å². The zero-order valence-electron chi connectivity index (χ0n) is 10.3. The van der Waals surface area contributed by atoms with E-state index in [9.17, 15) is 9.18 Å². The average Bonchev–Trinajstić information content (AvgIpc) is 2.81. The van der Waals surface area contributed by atoms with Crippen LogP contribution >= 0.6 is 11.8 Å². The Labute approximate surface area is 119 Å². The predicted molar refractivity (Wildman–Crippen MR) is 74.4 cm³/mol. The minimum atomic E-state index is -0.410. The number of amidine groups is 1. The van der Waals surface area contributed by atoms with Gasteiger partial charge in [-0.3, -0.25) is 4.79 Å². The highest BCUT2D eigenvalue weighted by molar-refractivity contribution is 6.16. The van der Waals surface area contributed by atoms with Gasteiger partial charge in [-0.15, -0.1) is 0 Å². The van der Waals surface area contributed by atoms with Crippen molar-refractivity contribution in [1.29, 1.82) is 0 Å². The van der Waals surface area contributed by atoms with Crippen LogP contribution in [0.2, 0.25) is 0 Å². The van der Waals surface area contributed by atoms with Gasteiger partial charge < -0.3 is 5.32 Å². The molecule has 101 valence electrons. The number of benzene rings is 1. The smallest absolute Gasteiger partial charge is 0.285 e. The third-order valence-electron chi connectivity index (χ3n) is 2.80. The highest BCUT2D eigenvalue weighted by Gasteiger charge is 2.34. The lowest BCUT2D eigenvalue weighted by molar-refractivity contribution is -0.112. The molecule has 0 aliphatic carbocycles. The van der Waals surface area contributed by atoms with Crippen LogP contribution in [-0.4, -0.2) is 22.8 Å². The van der Waals surface area contributed by atoms with Crippen LogP contribution in [0.3, 0.4) is 0 Å². The van der Waals surface area contributed by atoms with E-state index in [1.165, 1.54) is 22.6 Å². The van der Waals surface area contributed by atoms with Gasteiger partial charge in [0.05, 0.1) is 0 Å². The molecular weight excluding hydrogens is 283 g/mol. The molecule has 0 atom stereocenters. The van der Waals surface area contributed by atoms with Gasteiger partial charge in [-0.1, -0.05) is 11.0 Å². The first-order chi connectivity index (χ1) is 9.61. The molecule has 5 nitrogen and oxygen atoms in total. The molecule has 0 saturated heterocycles. The number of carbonyl (C=O) groups excluding carboxylic acids is 1. The Bertz CT molecular complexity index is 656. The summed E-state index contributed by atoms with van der Waals surface area (Å²) in [6, 6.07) is 5.69. The molecule has 2 aliphatic heterocycles. The van der Waals surface area contributed by atoms with Gasteiger partial charge in [-0.2, -0.15) is 4.99 Å². The molecule has 1 radical (unpaired) electrons. The quantitative estimate of drug-likeness (QED) is 0.670. The van der Waals surface area contributed by atoms with E-state index in [0.29, 0.717) is 18.2 Å². The van der Waals surface area contributed by atoms with Crippen molar-refractivity contribution in [2.75, 3.05) is 12.0 Å². The Morgan fingerprint density at radius 3 is 3.15 bits per heavy atom. The molecule has 3 rings (SSSR count). The highest BCUT2D eigenvalue weighted by Crippen LogP contribution is 2.18. The summed E-state index contributed by atoms with van der Waals surface area (Å²) in [4.78, 5) is 18.0. The third-order valence-corrected chi connectivity index (χ3v) is 3.01. The zero-order valence-corrected chi connectivity index (χ0v) is 11.0. The standard InChI is InChI=1S/C13H10ClFN4O/c14-19-5-4-12-17-11(7-18(12)8-19)13(20)16-10-3-1-2-9(15)6-10/h1-7H,8H2,(H,16,20)/q+1. The number of rotatable bonds is 2. The second-order valence-electron chi connectivity index (χ2n) is 4.28. The van der Waals surface area contributed by atoms with E-state index in [4.69, 9.17) is 11.8 Å². The van der Waals surface area contributed by atoms with E-state index in [2.05, 4.69) is 10.3 Å². The molecule has 1 N–H and O–H groups in total. The maximum Gasteiger partial charge on any atom is 0.285 e. The fourth-order valence-corrected chi connectivity index (χ4v) is 2.06. The molecule has 1 amide bonds. The van der Waals surface area contributed by atoms with Crippen LogP contribution in [0.15, 0.2) is 53.4 Å². The first kappa shape index (κ1) is 12.8. The number of hydrogen-bond donors (Lipinski definition) is 1. The lowest BCUT2D eigenvalue weighted by Crippen LogP contribution is -2.37. The molecule has 2 aliphatic rings. The summed E-state index contributed by atoms with van der Waals surface area (Å²) in [6.45, 7) is 0.410. The van der Waals surface area contributed by atoms with Crippen LogP contribution in [0.1, 0.15) is 0 Å². The number of halogens is 2. The molecule has 7 heteroatoms. The lowest BCUT2D eigenvalue weighted by atomic mass is 10.3. The number of carbonyl (C=O) groups is 1. The Morgan fingerprint density at radius 2 is 2.35 bits per heavy atom. The molecule has 0 fully saturated rings. The predicted octanol–water partition coefficient (Wildman–Crippen LogP) is 2.10. The van der Waals surface area contributed by atoms with E-state index in [0.717, 1.165) is 0 Å². The number of anilines is 1. The van der Waals surface area contributed by atoms with Crippen LogP contribution in [0.25, 0.3) is 0 Å². The number of nitrogens with one attached hydrogen (secondary N) is 1. The van der Waals surface area contributed by atoms with E-state index in [-0.39, 0.29) is 5.70 Å². The van der Waals surface area contributed by atoms with Crippen molar-refractivity contribution >= 4 is 29.2 Å². The number of aliphatic imine (C=N–C) groups is 1. The lowest BCUT2D eigenvalue weighted by Gasteiger charge is -2.13. The maximum atomic E-state index is 13.0. The van der Waals surface area contributed by atoms with Gasteiger partial charge in [0.15, 0.2) is 11.9 Å². The monoisotopic (exact) mass is 292 g/mol. The van der Waals surface area contributed by atoms with Crippen molar-refractivity contribution in [2.24, 2.45) is 4.99 Å². The Morgan fingerprint density at radius 1 is 1.50 bits per heavy atom. The fraction of sp³-hybridized carbons (Fsp3) is 0.0769. The molecular formula is C13H10ClFN4O+. The Hall–Kier alpha value is -2.18. The fourth-order valence-electron chi connectivity index (χ4n) is 1.89. The molecule has 0 unspecified atom stereocenters. The summed E-state index contributed by atoms with van der Waals surface area (Å²) >= 11 is 5.84. The number of fused-ring (bicyclic) bond motifs is 1. The molecule has 2 heterocycles. The van der Waals surface area contributed by atoms with Crippen molar-refractivity contribution in [3.63, 3.8) is 0 Å². The molecule has 0 spiro atoms. The van der Waals surface area contributed by atoms with Crippen molar-refractivity contribution in [1.82, 2.24) is 9.32 Å². The summed E-state index contributed by atoms with van der Waals surface area (Å²) in [7, 11) is 0. The number of nitrogens with zero attached hydrogens (tertiary/aromatic N) is 3. The van der Waals surface area contributed by atoms with Gasteiger partial charge in [0.2, 0.25) is 6.67 Å². The number of hydrogen-bond acceptors (Lipinski definition) is 4. The number of amides is 1.